The SMILES string of the molecule is COc1ccc(C=CCN2CCC(Cc3ccc(=O)[nH]c3)CC2)cc1. The molecule has 0 saturated carbocycles. The van der Waals surface area contributed by atoms with Crippen LogP contribution in [0.25, 0.3) is 6.08 Å². The van der Waals surface area contributed by atoms with Crippen molar-refractivity contribution in [2.24, 2.45) is 5.92 Å². The first-order valence-corrected chi connectivity index (χ1v) is 8.93. The molecule has 0 amide bonds. The molecule has 0 bridgehead atoms. The molecule has 1 aromatic carbocycles. The third-order valence-corrected chi connectivity index (χ3v) is 4.87. The molecule has 0 atom stereocenters. The Morgan fingerprint density at radius 2 is 1.92 bits per heavy atom. The maximum absolute atomic E-state index is 11.1. The van der Waals surface area contributed by atoms with Crippen LogP contribution in [0.2, 0.25) is 0 Å². The van der Waals surface area contributed by atoms with E-state index in [4.69, 9.17) is 4.74 Å². The average Bonchev–Trinajstić information content (AvgIpc) is 2.66. The van der Waals surface area contributed by atoms with E-state index < -0.39 is 0 Å². The highest BCUT2D eigenvalue weighted by atomic mass is 16.5. The molecule has 1 N–H and O–H groups in total. The van der Waals surface area contributed by atoms with Crippen LogP contribution < -0.4 is 10.3 Å². The van der Waals surface area contributed by atoms with Crippen LogP contribution in [0.1, 0.15) is 24.0 Å². The van der Waals surface area contributed by atoms with Crippen molar-refractivity contribution in [3.05, 3.63) is 70.2 Å². The fourth-order valence-corrected chi connectivity index (χ4v) is 3.33. The Morgan fingerprint density at radius 3 is 2.56 bits per heavy atom. The number of pyridine rings is 1. The third kappa shape index (κ3) is 5.33. The van der Waals surface area contributed by atoms with Crippen molar-refractivity contribution in [1.82, 2.24) is 9.88 Å². The van der Waals surface area contributed by atoms with Crippen molar-refractivity contribution in [1.29, 1.82) is 0 Å². The Balaban J connectivity index is 1.42. The molecule has 0 spiro atoms. The van der Waals surface area contributed by atoms with Gasteiger partial charge in [0.1, 0.15) is 5.75 Å². The van der Waals surface area contributed by atoms with E-state index in [2.05, 4.69) is 34.2 Å². The largest absolute Gasteiger partial charge is 0.497 e. The predicted octanol–water partition coefficient (Wildman–Crippen LogP) is 3.35. The van der Waals surface area contributed by atoms with Crippen LogP contribution in [0.4, 0.5) is 0 Å². The second-order valence-corrected chi connectivity index (χ2v) is 6.68. The number of aromatic amines is 1. The number of hydrogen-bond donors (Lipinski definition) is 1. The first kappa shape index (κ1) is 17.5. The summed E-state index contributed by atoms with van der Waals surface area (Å²) in [5, 5.41) is 0. The lowest BCUT2D eigenvalue weighted by Crippen LogP contribution is -2.34. The number of H-pyrrole nitrogens is 1. The summed E-state index contributed by atoms with van der Waals surface area (Å²) in [6.07, 6.45) is 9.76. The second kappa shape index (κ2) is 8.67. The summed E-state index contributed by atoms with van der Waals surface area (Å²) in [6, 6.07) is 11.7. The number of benzene rings is 1. The van der Waals surface area contributed by atoms with Gasteiger partial charge < -0.3 is 9.72 Å². The zero-order valence-corrected chi connectivity index (χ0v) is 14.8. The Morgan fingerprint density at radius 1 is 1.16 bits per heavy atom. The molecule has 4 heteroatoms. The second-order valence-electron chi connectivity index (χ2n) is 6.68. The smallest absolute Gasteiger partial charge is 0.247 e. The molecule has 4 nitrogen and oxygen atoms in total. The minimum absolute atomic E-state index is 0.0257. The summed E-state index contributed by atoms with van der Waals surface area (Å²) >= 11 is 0. The molecule has 1 aliphatic heterocycles. The van der Waals surface area contributed by atoms with E-state index in [0.29, 0.717) is 5.92 Å². The number of nitrogens with zero attached hydrogens (tertiary/aromatic N) is 1. The highest BCUT2D eigenvalue weighted by molar-refractivity contribution is 5.50. The number of aromatic nitrogens is 1. The molecule has 2 heterocycles. The minimum atomic E-state index is -0.0257. The molecule has 1 aliphatic rings. The Bertz CT molecular complexity index is 721. The number of hydrogen-bond acceptors (Lipinski definition) is 3. The third-order valence-electron chi connectivity index (χ3n) is 4.87. The van der Waals surface area contributed by atoms with E-state index in [9.17, 15) is 4.79 Å². The van der Waals surface area contributed by atoms with Crippen LogP contribution in [-0.4, -0.2) is 36.6 Å². The fraction of sp³-hybridized carbons (Fsp3) is 0.381. The molecule has 132 valence electrons. The van der Waals surface area contributed by atoms with Crippen molar-refractivity contribution in [3.8, 4) is 5.75 Å². The number of nitrogens with one attached hydrogen (secondary N) is 1. The van der Waals surface area contributed by atoms with Gasteiger partial charge in [0, 0.05) is 18.8 Å². The lowest BCUT2D eigenvalue weighted by atomic mass is 9.91. The van der Waals surface area contributed by atoms with E-state index in [0.717, 1.165) is 31.8 Å². The molecular weight excluding hydrogens is 312 g/mol. The number of piperidine rings is 1. The molecule has 0 radical (unpaired) electrons. The van der Waals surface area contributed by atoms with Gasteiger partial charge in [0.2, 0.25) is 5.56 Å². The lowest BCUT2D eigenvalue weighted by Gasteiger charge is -2.31. The van der Waals surface area contributed by atoms with Crippen molar-refractivity contribution >= 4 is 6.08 Å². The minimum Gasteiger partial charge on any atom is -0.497 e. The van der Waals surface area contributed by atoms with E-state index in [1.165, 1.54) is 24.0 Å². The quantitative estimate of drug-likeness (QED) is 0.878. The number of ether oxygens (including phenoxy) is 1. The van der Waals surface area contributed by atoms with E-state index in [1.807, 2.05) is 24.4 Å². The maximum atomic E-state index is 11.1. The summed E-state index contributed by atoms with van der Waals surface area (Å²) in [6.45, 7) is 3.28. The Hall–Kier alpha value is -2.33. The van der Waals surface area contributed by atoms with E-state index in [1.54, 1.807) is 13.2 Å². The lowest BCUT2D eigenvalue weighted by molar-refractivity contribution is 0.200. The van der Waals surface area contributed by atoms with Crippen LogP contribution in [0, 0.1) is 5.92 Å². The first-order chi connectivity index (χ1) is 12.2. The zero-order valence-electron chi connectivity index (χ0n) is 14.8. The van der Waals surface area contributed by atoms with Gasteiger partial charge in [-0.1, -0.05) is 30.4 Å². The monoisotopic (exact) mass is 338 g/mol. The predicted molar refractivity (Wildman–Crippen MR) is 102 cm³/mol. The van der Waals surface area contributed by atoms with E-state index >= 15 is 0 Å². The van der Waals surface area contributed by atoms with Gasteiger partial charge in [-0.15, -0.1) is 0 Å². The average molecular weight is 338 g/mol. The van der Waals surface area contributed by atoms with Crippen molar-refractivity contribution in [2.75, 3.05) is 26.7 Å². The van der Waals surface area contributed by atoms with Gasteiger partial charge in [-0.25, -0.2) is 0 Å². The topological polar surface area (TPSA) is 45.3 Å². The van der Waals surface area contributed by atoms with Gasteiger partial charge in [-0.3, -0.25) is 9.69 Å². The van der Waals surface area contributed by atoms with Gasteiger partial charge in [0.15, 0.2) is 0 Å². The molecule has 3 rings (SSSR count). The number of likely N-dealkylation sites (tertiary alicyclic amines) is 1. The van der Waals surface area contributed by atoms with E-state index in [-0.39, 0.29) is 5.56 Å². The zero-order chi connectivity index (χ0) is 17.5. The standard InChI is InChI=1S/C21H26N2O2/c1-25-20-7-4-17(5-8-20)3-2-12-23-13-10-18(11-14-23)15-19-6-9-21(24)22-16-19/h2-9,16,18H,10-15H2,1H3,(H,22,24). The summed E-state index contributed by atoms with van der Waals surface area (Å²) in [5.41, 5.74) is 2.41. The van der Waals surface area contributed by atoms with Crippen molar-refractivity contribution in [3.63, 3.8) is 0 Å². The molecular formula is C21H26N2O2. The van der Waals surface area contributed by atoms with Crippen LogP contribution in [0.3, 0.4) is 0 Å². The van der Waals surface area contributed by atoms with Gasteiger partial charge in [0.25, 0.3) is 0 Å². The molecule has 0 aliphatic carbocycles. The number of methoxy groups -OCH3 is 1. The van der Waals surface area contributed by atoms with Gasteiger partial charge in [-0.05, 0) is 61.5 Å². The van der Waals surface area contributed by atoms with Crippen molar-refractivity contribution in [2.45, 2.75) is 19.3 Å². The molecule has 1 aromatic heterocycles. The maximum Gasteiger partial charge on any atom is 0.247 e. The summed E-state index contributed by atoms with van der Waals surface area (Å²) in [4.78, 5) is 16.4. The van der Waals surface area contributed by atoms with Crippen LogP contribution in [0.5, 0.6) is 5.75 Å². The Kier molecular flexibility index (Phi) is 6.07. The summed E-state index contributed by atoms with van der Waals surface area (Å²) < 4.78 is 5.18. The first-order valence-electron chi connectivity index (χ1n) is 8.93. The number of rotatable bonds is 6. The van der Waals surface area contributed by atoms with Gasteiger partial charge in [-0.2, -0.15) is 0 Å². The Labute approximate surface area is 149 Å². The molecule has 0 unspecified atom stereocenters. The van der Waals surface area contributed by atoms with Crippen LogP contribution in [0.15, 0.2) is 53.5 Å². The molecule has 25 heavy (non-hydrogen) atoms. The van der Waals surface area contributed by atoms with Gasteiger partial charge in [0.05, 0.1) is 7.11 Å². The molecule has 2 aromatic rings. The molecule has 1 saturated heterocycles. The molecule has 1 fully saturated rings. The van der Waals surface area contributed by atoms with Crippen molar-refractivity contribution < 1.29 is 4.74 Å². The van der Waals surface area contributed by atoms with Crippen LogP contribution >= 0.6 is 0 Å². The highest BCUT2D eigenvalue weighted by Crippen LogP contribution is 2.21. The summed E-state index contributed by atoms with van der Waals surface area (Å²) in [5.74, 6) is 1.61. The normalized spacial score (nSPS) is 16.4. The highest BCUT2D eigenvalue weighted by Gasteiger charge is 2.18. The fourth-order valence-electron chi connectivity index (χ4n) is 3.33. The van der Waals surface area contributed by atoms with Gasteiger partial charge >= 0.3 is 0 Å². The van der Waals surface area contributed by atoms with Crippen LogP contribution in [-0.2, 0) is 6.42 Å². The summed E-state index contributed by atoms with van der Waals surface area (Å²) in [7, 11) is 1.69.